The minimum absolute atomic E-state index is 0.124. The Hall–Kier alpha value is -2.87. The molecule has 0 aromatic heterocycles. The molecule has 1 amide bonds. The number of amides is 1. The number of fused-ring (bicyclic) bond motifs is 4. The molecule has 4 fully saturated rings. The van der Waals surface area contributed by atoms with E-state index in [9.17, 15) is 28.2 Å². The van der Waals surface area contributed by atoms with E-state index in [1.807, 2.05) is 31.2 Å². The SMILES string of the molecule is C[C@@H](O)[C@H]1C(=O)N2C(C(=O)O)=C(CN3Cc4cccc5c(C[N+]67CC[N+](CCCN)(CC6)CC7)ccc(c45)S3(=O)=O)[C@H](C)[C@H]12. The van der Waals surface area contributed by atoms with Crippen molar-refractivity contribution in [2.75, 3.05) is 58.9 Å². The van der Waals surface area contributed by atoms with Crippen LogP contribution in [0.5, 0.6) is 0 Å². The average molecular weight is 626 g/mol. The lowest BCUT2D eigenvalue weighted by Crippen LogP contribution is -2.74. The van der Waals surface area contributed by atoms with E-state index >= 15 is 0 Å². The Kier molecular flexibility index (Phi) is 7.00. The number of β-lactam (4-membered cyclic amide) rings is 1. The number of carbonyl (C=O) groups is 2. The molecule has 2 aromatic rings. The van der Waals surface area contributed by atoms with Gasteiger partial charge in [-0.05, 0) is 36.1 Å². The fraction of sp³-hybridized carbons (Fsp3) is 0.562. The molecule has 2 aromatic carbocycles. The summed E-state index contributed by atoms with van der Waals surface area (Å²) in [6.07, 6.45) is 0.143. The lowest BCUT2D eigenvalue weighted by Gasteiger charge is -2.55. The smallest absolute Gasteiger partial charge is 0.352 e. The Balaban J connectivity index is 1.18. The second-order valence-electron chi connectivity index (χ2n) is 13.8. The highest BCUT2D eigenvalue weighted by Gasteiger charge is 2.60. The van der Waals surface area contributed by atoms with Gasteiger partial charge in [0.15, 0.2) is 0 Å². The maximum atomic E-state index is 14.1. The molecule has 4 N–H and O–H groups in total. The van der Waals surface area contributed by atoms with Gasteiger partial charge in [0.2, 0.25) is 15.9 Å². The number of carboxylic acids is 1. The van der Waals surface area contributed by atoms with Crippen LogP contribution in [0.15, 0.2) is 46.5 Å². The first-order valence-corrected chi connectivity index (χ1v) is 17.3. The van der Waals surface area contributed by atoms with Gasteiger partial charge in [-0.15, -0.1) is 0 Å². The van der Waals surface area contributed by atoms with Crippen molar-refractivity contribution in [3.63, 3.8) is 0 Å². The second kappa shape index (κ2) is 10.3. The van der Waals surface area contributed by atoms with Gasteiger partial charge in [0.25, 0.3) is 0 Å². The number of hydrogen-bond acceptors (Lipinski definition) is 6. The van der Waals surface area contributed by atoms with E-state index in [0.717, 1.165) is 66.5 Å². The van der Waals surface area contributed by atoms with Crippen LogP contribution in [-0.4, -0.2) is 120 Å². The number of aliphatic carboxylic acids is 1. The molecular formula is C32H43N5O6S+2. The predicted octanol–water partition coefficient (Wildman–Crippen LogP) is 1.05. The van der Waals surface area contributed by atoms with Gasteiger partial charge in [0.05, 0.1) is 29.5 Å². The Morgan fingerprint density at radius 3 is 2.41 bits per heavy atom. The summed E-state index contributed by atoms with van der Waals surface area (Å²) in [6.45, 7) is 13.0. The quantitative estimate of drug-likeness (QED) is 0.280. The molecule has 6 aliphatic rings. The van der Waals surface area contributed by atoms with Crippen LogP contribution in [0.3, 0.4) is 0 Å². The first-order chi connectivity index (χ1) is 20.9. The number of benzene rings is 2. The van der Waals surface area contributed by atoms with Crippen LogP contribution < -0.4 is 5.73 Å². The first-order valence-electron chi connectivity index (χ1n) is 15.8. The minimum atomic E-state index is -3.95. The molecular weight excluding hydrogens is 582 g/mol. The van der Waals surface area contributed by atoms with Crippen LogP contribution >= 0.6 is 0 Å². The summed E-state index contributed by atoms with van der Waals surface area (Å²) < 4.78 is 31.9. The summed E-state index contributed by atoms with van der Waals surface area (Å²) in [5, 5.41) is 22.0. The van der Waals surface area contributed by atoms with E-state index in [4.69, 9.17) is 5.73 Å². The number of piperazine rings is 3. The van der Waals surface area contributed by atoms with E-state index < -0.39 is 45.9 Å². The Labute approximate surface area is 258 Å². The summed E-state index contributed by atoms with van der Waals surface area (Å²) in [6, 6.07) is 9.21. The first kappa shape index (κ1) is 29.8. The van der Waals surface area contributed by atoms with Crippen molar-refractivity contribution in [3.8, 4) is 0 Å². The molecule has 2 bridgehead atoms. The number of nitrogens with zero attached hydrogens (tertiary/aromatic N) is 4. The number of carbonyl (C=O) groups excluding carboxylic acids is 1. The monoisotopic (exact) mass is 625 g/mol. The largest absolute Gasteiger partial charge is 0.477 e. The van der Waals surface area contributed by atoms with Crippen molar-refractivity contribution >= 4 is 32.7 Å². The number of quaternary nitrogens is 2. The highest BCUT2D eigenvalue weighted by Crippen LogP contribution is 2.48. The molecule has 0 radical (unpaired) electrons. The molecule has 44 heavy (non-hydrogen) atoms. The lowest BCUT2D eigenvalue weighted by atomic mass is 9.78. The Morgan fingerprint density at radius 1 is 1.09 bits per heavy atom. The average Bonchev–Trinajstić information content (AvgIpc) is 3.24. The van der Waals surface area contributed by atoms with Crippen LogP contribution in [0.4, 0.5) is 0 Å². The van der Waals surface area contributed by atoms with Gasteiger partial charge in [0.1, 0.15) is 51.5 Å². The molecule has 4 saturated heterocycles. The van der Waals surface area contributed by atoms with E-state index in [1.54, 1.807) is 6.07 Å². The van der Waals surface area contributed by atoms with E-state index in [1.165, 1.54) is 45.8 Å². The van der Waals surface area contributed by atoms with Gasteiger partial charge in [-0.2, -0.15) is 4.31 Å². The molecule has 8 rings (SSSR count). The number of carboxylic acid groups (broad SMARTS) is 1. The van der Waals surface area contributed by atoms with Gasteiger partial charge in [-0.1, -0.05) is 31.2 Å². The summed E-state index contributed by atoms with van der Waals surface area (Å²) >= 11 is 0. The number of sulfonamides is 1. The molecule has 12 heteroatoms. The number of nitrogens with two attached hydrogens (primary N) is 1. The van der Waals surface area contributed by atoms with Crippen molar-refractivity contribution in [1.82, 2.24) is 9.21 Å². The van der Waals surface area contributed by atoms with Crippen LogP contribution in [0.25, 0.3) is 10.8 Å². The molecule has 6 heterocycles. The second-order valence-corrected chi connectivity index (χ2v) is 15.7. The highest BCUT2D eigenvalue weighted by atomic mass is 32.2. The zero-order chi connectivity index (χ0) is 31.2. The van der Waals surface area contributed by atoms with E-state index in [-0.39, 0.29) is 23.7 Å². The van der Waals surface area contributed by atoms with Crippen LogP contribution in [0.1, 0.15) is 31.4 Å². The standard InChI is InChI=1S/C32H42N5O6S/c1-20-25(30(32(40)41)35-29(20)27(21(2)38)31(35)39)18-34-17-22-5-3-6-24-23(7-8-26(28(22)24)44(34,42)43)19-37-14-11-36(12-15-37,13-16-37)10-4-9-33/h3,5-8,20-21,27,29,38H,4,9-19,33H2,1-2H3/q+1/p+1/t20-,21+,27+,29+,36?,37?/m0/s1. The highest BCUT2D eigenvalue weighted by molar-refractivity contribution is 7.89. The summed E-state index contributed by atoms with van der Waals surface area (Å²) in [4.78, 5) is 26.7. The number of rotatable bonds is 9. The summed E-state index contributed by atoms with van der Waals surface area (Å²) in [5.74, 6) is -2.78. The predicted molar refractivity (Wildman–Crippen MR) is 163 cm³/mol. The third kappa shape index (κ3) is 4.29. The fourth-order valence-electron chi connectivity index (χ4n) is 8.90. The van der Waals surface area contributed by atoms with Gasteiger partial charge in [-0.3, -0.25) is 4.79 Å². The maximum Gasteiger partial charge on any atom is 0.352 e. The molecule has 236 valence electrons. The van der Waals surface area contributed by atoms with Crippen molar-refractivity contribution in [2.24, 2.45) is 17.6 Å². The summed E-state index contributed by atoms with van der Waals surface area (Å²) in [5.41, 5.74) is 8.13. The third-order valence-electron chi connectivity index (χ3n) is 11.5. The fourth-order valence-corrected chi connectivity index (χ4v) is 10.5. The molecule has 0 unspecified atom stereocenters. The summed E-state index contributed by atoms with van der Waals surface area (Å²) in [7, 11) is -3.95. The number of hydrogen-bond donors (Lipinski definition) is 3. The van der Waals surface area contributed by atoms with Crippen molar-refractivity contribution in [2.45, 2.75) is 50.4 Å². The molecule has 0 spiro atoms. The Morgan fingerprint density at radius 2 is 1.77 bits per heavy atom. The number of aliphatic hydroxyl groups excluding tert-OH is 1. The number of aliphatic hydroxyl groups is 1. The zero-order valence-corrected chi connectivity index (χ0v) is 26.3. The van der Waals surface area contributed by atoms with Crippen molar-refractivity contribution < 1.29 is 37.2 Å². The van der Waals surface area contributed by atoms with Crippen LogP contribution in [0, 0.1) is 11.8 Å². The molecule has 4 atom stereocenters. The van der Waals surface area contributed by atoms with Gasteiger partial charge in [-0.25, -0.2) is 13.2 Å². The topological polar surface area (TPSA) is 141 Å². The van der Waals surface area contributed by atoms with Gasteiger partial charge < -0.3 is 29.8 Å². The molecule has 0 aliphatic carbocycles. The van der Waals surface area contributed by atoms with E-state index in [2.05, 4.69) is 0 Å². The van der Waals surface area contributed by atoms with Gasteiger partial charge in [0, 0.05) is 36.4 Å². The van der Waals surface area contributed by atoms with E-state index in [0.29, 0.717) is 5.57 Å². The molecule has 6 aliphatic heterocycles. The molecule has 11 nitrogen and oxygen atoms in total. The lowest BCUT2D eigenvalue weighted by molar-refractivity contribution is -1.09. The van der Waals surface area contributed by atoms with Crippen molar-refractivity contribution in [1.29, 1.82) is 0 Å². The molecule has 0 saturated carbocycles. The zero-order valence-electron chi connectivity index (χ0n) is 25.5. The van der Waals surface area contributed by atoms with Crippen LogP contribution in [0.2, 0.25) is 0 Å². The van der Waals surface area contributed by atoms with Crippen molar-refractivity contribution in [3.05, 3.63) is 52.7 Å². The normalized spacial score (nSPS) is 33.0. The van der Waals surface area contributed by atoms with Gasteiger partial charge >= 0.3 is 5.97 Å². The minimum Gasteiger partial charge on any atom is -0.477 e. The maximum absolute atomic E-state index is 14.1. The Bertz CT molecular complexity index is 1680. The third-order valence-corrected chi connectivity index (χ3v) is 13.3. The van der Waals surface area contributed by atoms with Crippen LogP contribution in [-0.2, 0) is 32.7 Å².